The predicted molar refractivity (Wildman–Crippen MR) is 51.1 cm³/mol. The van der Waals surface area contributed by atoms with Crippen LogP contribution in [0.1, 0.15) is 58.3 Å². The average Bonchev–Trinajstić information content (AvgIpc) is 2.03. The Bertz CT molecular complexity index is 113. The predicted octanol–water partition coefficient (Wildman–Crippen LogP) is -1.14. The fourth-order valence-corrected chi connectivity index (χ4v) is 1.95. The molecule has 0 bridgehead atoms. The molecule has 0 saturated heterocycles. The van der Waals surface area contributed by atoms with Crippen molar-refractivity contribution in [2.24, 2.45) is 0 Å². The van der Waals surface area contributed by atoms with Crippen LogP contribution in [0.2, 0.25) is 0 Å². The number of hydrogen-bond acceptors (Lipinski definition) is 1. The van der Waals surface area contributed by atoms with Crippen LogP contribution in [0.4, 0.5) is 0 Å². The molecule has 0 radical (unpaired) electrons. The normalized spacial score (nSPS) is 19.8. The summed E-state index contributed by atoms with van der Waals surface area (Å²) in [5, 5.41) is 11.9. The van der Waals surface area contributed by atoms with Gasteiger partial charge in [-0.05, 0) is 0 Å². The van der Waals surface area contributed by atoms with E-state index < -0.39 is 5.60 Å². The maximum Gasteiger partial charge on any atom is 2.00 e. The maximum absolute atomic E-state index is 11.9. The summed E-state index contributed by atoms with van der Waals surface area (Å²) in [6, 6.07) is 0. The van der Waals surface area contributed by atoms with Gasteiger partial charge in [0, 0.05) is 0 Å². The van der Waals surface area contributed by atoms with Crippen molar-refractivity contribution < 1.29 is 9.81 Å². The largest absolute Gasteiger partial charge is 2.00 e. The summed E-state index contributed by atoms with van der Waals surface area (Å²) in [5.41, 5.74) is -0.520. The van der Waals surface area contributed by atoms with Gasteiger partial charge >= 0.3 is 23.1 Å². The second kappa shape index (κ2) is 8.01. The van der Waals surface area contributed by atoms with E-state index in [1.165, 1.54) is 25.7 Å². The first-order valence-corrected chi connectivity index (χ1v) is 4.97. The van der Waals surface area contributed by atoms with Crippen LogP contribution in [0.25, 0.3) is 0 Å². The van der Waals surface area contributed by atoms with Crippen LogP contribution in [-0.2, 0) is 0 Å². The summed E-state index contributed by atoms with van der Waals surface area (Å²) in [5.74, 6) is 0. The quantitative estimate of drug-likeness (QED) is 0.526. The van der Waals surface area contributed by atoms with Crippen molar-refractivity contribution in [1.29, 1.82) is 0 Å². The molecular formula is C10H19FMgO. The van der Waals surface area contributed by atoms with Crippen LogP contribution in [-0.4, -0.2) is 28.7 Å². The van der Waals surface area contributed by atoms with Crippen molar-refractivity contribution in [2.45, 2.75) is 63.9 Å². The molecule has 0 amide bonds. The number of rotatable bonds is 3. The summed E-state index contributed by atoms with van der Waals surface area (Å²) in [7, 11) is 0. The first-order chi connectivity index (χ1) is 5.27. The Morgan fingerprint density at radius 1 is 1.15 bits per heavy atom. The molecule has 0 N–H and O–H groups in total. The molecule has 0 unspecified atom stereocenters. The minimum absolute atomic E-state index is 0. The molecule has 13 heavy (non-hydrogen) atoms. The Kier molecular flexibility index (Phi) is 9.91. The van der Waals surface area contributed by atoms with Crippen molar-refractivity contribution in [1.82, 2.24) is 0 Å². The van der Waals surface area contributed by atoms with Gasteiger partial charge in [0.25, 0.3) is 0 Å². The van der Waals surface area contributed by atoms with Gasteiger partial charge in [0.15, 0.2) is 0 Å². The summed E-state index contributed by atoms with van der Waals surface area (Å²) in [6.45, 7) is 2.16. The van der Waals surface area contributed by atoms with Gasteiger partial charge in [-0.1, -0.05) is 58.3 Å². The maximum atomic E-state index is 11.9. The third-order valence-corrected chi connectivity index (χ3v) is 2.75. The van der Waals surface area contributed by atoms with Crippen LogP contribution >= 0.6 is 0 Å². The second-order valence-corrected chi connectivity index (χ2v) is 3.85. The third kappa shape index (κ3) is 5.86. The molecule has 0 aromatic carbocycles. The second-order valence-electron chi connectivity index (χ2n) is 3.85. The molecule has 0 atom stereocenters. The topological polar surface area (TPSA) is 23.1 Å². The Hall–Kier alpha value is 0.656. The zero-order valence-corrected chi connectivity index (χ0v) is 10.1. The van der Waals surface area contributed by atoms with Crippen molar-refractivity contribution >= 4 is 23.1 Å². The number of hydrogen-bond donors (Lipinski definition) is 0. The fourth-order valence-electron chi connectivity index (χ4n) is 1.95. The van der Waals surface area contributed by atoms with Crippen LogP contribution in [0.15, 0.2) is 0 Å². The standard InChI is InChI=1S/C10H19O.FH.Mg/c1-2-3-7-10(11)8-5-4-6-9-10;;/h2-9H2,1H3;1H;/q-1;;+2/p-1. The first-order valence-electron chi connectivity index (χ1n) is 4.97. The van der Waals surface area contributed by atoms with Gasteiger partial charge in [-0.2, -0.15) is 0 Å². The SMILES string of the molecule is CCCCC1([O-])CCCCC1.[F-].[Mg+2]. The van der Waals surface area contributed by atoms with Gasteiger partial charge in [0.2, 0.25) is 0 Å². The Labute approximate surface area is 96.8 Å². The molecule has 1 aliphatic rings. The Balaban J connectivity index is 0. The van der Waals surface area contributed by atoms with Crippen LogP contribution in [0.5, 0.6) is 0 Å². The molecule has 74 valence electrons. The molecule has 0 spiro atoms. The average molecular weight is 199 g/mol. The number of halogens is 1. The zero-order chi connectivity index (χ0) is 8.16. The summed E-state index contributed by atoms with van der Waals surface area (Å²) >= 11 is 0. The van der Waals surface area contributed by atoms with Gasteiger partial charge in [0.05, 0.1) is 0 Å². The van der Waals surface area contributed by atoms with E-state index in [0.29, 0.717) is 0 Å². The van der Waals surface area contributed by atoms with Gasteiger partial charge in [0.1, 0.15) is 0 Å². The minimum Gasteiger partial charge on any atom is -1.00 e. The van der Waals surface area contributed by atoms with E-state index in [9.17, 15) is 5.11 Å². The summed E-state index contributed by atoms with van der Waals surface area (Å²) < 4.78 is 0. The van der Waals surface area contributed by atoms with Gasteiger partial charge in [-0.15, -0.1) is 5.60 Å². The Morgan fingerprint density at radius 2 is 1.69 bits per heavy atom. The molecule has 0 aromatic rings. The van der Waals surface area contributed by atoms with E-state index in [2.05, 4.69) is 6.92 Å². The smallest absolute Gasteiger partial charge is 1.00 e. The monoisotopic (exact) mass is 198 g/mol. The number of unbranched alkanes of at least 4 members (excludes halogenated alkanes) is 1. The van der Waals surface area contributed by atoms with E-state index in [0.717, 1.165) is 25.7 Å². The molecule has 1 fully saturated rings. The fraction of sp³-hybridized carbons (Fsp3) is 1.00. The molecule has 3 heteroatoms. The van der Waals surface area contributed by atoms with Crippen molar-refractivity contribution in [2.75, 3.05) is 0 Å². The van der Waals surface area contributed by atoms with Crippen molar-refractivity contribution in [3.05, 3.63) is 0 Å². The van der Waals surface area contributed by atoms with Crippen molar-refractivity contribution in [3.63, 3.8) is 0 Å². The van der Waals surface area contributed by atoms with Gasteiger partial charge < -0.3 is 9.81 Å². The molecule has 1 aliphatic carbocycles. The molecule has 0 aliphatic heterocycles. The van der Waals surface area contributed by atoms with Crippen LogP contribution in [0, 0.1) is 0 Å². The molecule has 0 heterocycles. The minimum atomic E-state index is -0.520. The summed E-state index contributed by atoms with van der Waals surface area (Å²) in [4.78, 5) is 0. The molecule has 1 rings (SSSR count). The molecule has 0 aromatic heterocycles. The van der Waals surface area contributed by atoms with E-state index in [1.54, 1.807) is 0 Å². The molecular weight excluding hydrogens is 179 g/mol. The van der Waals surface area contributed by atoms with E-state index in [1.807, 2.05) is 0 Å². The van der Waals surface area contributed by atoms with Gasteiger partial charge in [-0.3, -0.25) is 0 Å². The molecule has 1 nitrogen and oxygen atoms in total. The van der Waals surface area contributed by atoms with Crippen LogP contribution < -0.4 is 9.81 Å². The third-order valence-electron chi connectivity index (χ3n) is 2.75. The van der Waals surface area contributed by atoms with Gasteiger partial charge in [-0.25, -0.2) is 0 Å². The molecule has 1 saturated carbocycles. The zero-order valence-electron chi connectivity index (χ0n) is 8.65. The van der Waals surface area contributed by atoms with E-state index in [-0.39, 0.29) is 27.8 Å². The van der Waals surface area contributed by atoms with Crippen molar-refractivity contribution in [3.8, 4) is 0 Å². The Morgan fingerprint density at radius 3 is 2.15 bits per heavy atom. The summed E-state index contributed by atoms with van der Waals surface area (Å²) in [6.07, 6.45) is 8.73. The first kappa shape index (κ1) is 16.1. The van der Waals surface area contributed by atoms with E-state index in [4.69, 9.17) is 0 Å². The van der Waals surface area contributed by atoms with E-state index >= 15 is 0 Å². The van der Waals surface area contributed by atoms with Crippen LogP contribution in [0.3, 0.4) is 0 Å².